The van der Waals surface area contributed by atoms with Crippen LogP contribution in [0.15, 0.2) is 36.7 Å². The van der Waals surface area contributed by atoms with Gasteiger partial charge in [-0.3, -0.25) is 4.79 Å². The normalized spacial score (nSPS) is 10.2. The van der Waals surface area contributed by atoms with Crippen LogP contribution in [0, 0.1) is 6.92 Å². The number of carbonyl (C=O) groups excluding carboxylic acids is 1. The van der Waals surface area contributed by atoms with E-state index in [9.17, 15) is 4.79 Å². The number of imidazole rings is 1. The summed E-state index contributed by atoms with van der Waals surface area (Å²) in [7, 11) is 0. The zero-order valence-corrected chi connectivity index (χ0v) is 11.3. The number of rotatable bonds is 4. The summed E-state index contributed by atoms with van der Waals surface area (Å²) in [4.78, 5) is 16.1. The SMILES string of the molecule is Cc1cccc(NC(=O)Cn2ccnc2C(N)=S)c1. The zero-order valence-electron chi connectivity index (χ0n) is 10.5. The van der Waals surface area contributed by atoms with Gasteiger partial charge in [0.05, 0.1) is 0 Å². The molecule has 1 aromatic carbocycles. The standard InChI is InChI=1S/C13H14N4OS/c1-9-3-2-4-10(7-9)16-11(18)8-17-6-5-15-13(17)12(14)19/h2-7H,8H2,1H3,(H2,14,19)(H,16,18). The van der Waals surface area contributed by atoms with Crippen LogP contribution in [0.25, 0.3) is 0 Å². The van der Waals surface area contributed by atoms with Crippen LogP contribution in [0.2, 0.25) is 0 Å². The van der Waals surface area contributed by atoms with Crippen molar-refractivity contribution >= 4 is 28.8 Å². The van der Waals surface area contributed by atoms with E-state index in [1.165, 1.54) is 0 Å². The van der Waals surface area contributed by atoms with Crippen LogP contribution in [-0.2, 0) is 11.3 Å². The van der Waals surface area contributed by atoms with Gasteiger partial charge in [0, 0.05) is 18.1 Å². The molecule has 0 aliphatic rings. The largest absolute Gasteiger partial charge is 0.387 e. The van der Waals surface area contributed by atoms with Crippen LogP contribution in [0.3, 0.4) is 0 Å². The lowest BCUT2D eigenvalue weighted by Gasteiger charge is -2.08. The van der Waals surface area contributed by atoms with E-state index in [1.807, 2.05) is 31.2 Å². The summed E-state index contributed by atoms with van der Waals surface area (Å²) in [6, 6.07) is 7.60. The lowest BCUT2D eigenvalue weighted by Crippen LogP contribution is -2.23. The van der Waals surface area contributed by atoms with Crippen molar-refractivity contribution in [3.63, 3.8) is 0 Å². The lowest BCUT2D eigenvalue weighted by molar-refractivity contribution is -0.116. The first-order valence-electron chi connectivity index (χ1n) is 5.74. The molecule has 0 unspecified atom stereocenters. The van der Waals surface area contributed by atoms with E-state index >= 15 is 0 Å². The fraction of sp³-hybridized carbons (Fsp3) is 0.154. The van der Waals surface area contributed by atoms with Crippen LogP contribution in [0.1, 0.15) is 11.4 Å². The molecular weight excluding hydrogens is 260 g/mol. The number of nitrogens with one attached hydrogen (secondary N) is 1. The van der Waals surface area contributed by atoms with Gasteiger partial charge in [-0.2, -0.15) is 0 Å². The van der Waals surface area contributed by atoms with Crippen molar-refractivity contribution in [3.8, 4) is 0 Å². The molecule has 3 N–H and O–H groups in total. The van der Waals surface area contributed by atoms with Crippen LogP contribution in [0.4, 0.5) is 5.69 Å². The van der Waals surface area contributed by atoms with Gasteiger partial charge in [0.15, 0.2) is 5.82 Å². The Morgan fingerprint density at radius 3 is 3.00 bits per heavy atom. The molecule has 0 radical (unpaired) electrons. The van der Waals surface area contributed by atoms with Crippen molar-refractivity contribution in [2.75, 3.05) is 5.32 Å². The first kappa shape index (κ1) is 13.2. The number of amides is 1. The van der Waals surface area contributed by atoms with Crippen molar-refractivity contribution in [3.05, 3.63) is 48.0 Å². The molecule has 0 fully saturated rings. The molecular formula is C13H14N4OS. The summed E-state index contributed by atoms with van der Waals surface area (Å²) in [6.45, 7) is 2.09. The summed E-state index contributed by atoms with van der Waals surface area (Å²) in [5, 5.41) is 2.82. The quantitative estimate of drug-likeness (QED) is 0.828. The zero-order chi connectivity index (χ0) is 13.8. The highest BCUT2D eigenvalue weighted by Gasteiger charge is 2.09. The molecule has 1 aromatic heterocycles. The smallest absolute Gasteiger partial charge is 0.244 e. The molecule has 0 saturated carbocycles. The monoisotopic (exact) mass is 274 g/mol. The Hall–Kier alpha value is -2.21. The molecule has 2 rings (SSSR count). The second-order valence-corrected chi connectivity index (χ2v) is 4.60. The molecule has 5 nitrogen and oxygen atoms in total. The van der Waals surface area contributed by atoms with E-state index in [1.54, 1.807) is 17.0 Å². The van der Waals surface area contributed by atoms with E-state index in [2.05, 4.69) is 10.3 Å². The van der Waals surface area contributed by atoms with Crippen LogP contribution in [0.5, 0.6) is 0 Å². The highest BCUT2D eigenvalue weighted by Crippen LogP contribution is 2.09. The molecule has 19 heavy (non-hydrogen) atoms. The van der Waals surface area contributed by atoms with Gasteiger partial charge in [-0.05, 0) is 24.6 Å². The highest BCUT2D eigenvalue weighted by atomic mass is 32.1. The van der Waals surface area contributed by atoms with E-state index in [0.29, 0.717) is 5.82 Å². The average Bonchev–Trinajstić information content (AvgIpc) is 2.76. The van der Waals surface area contributed by atoms with Crippen LogP contribution < -0.4 is 11.1 Å². The van der Waals surface area contributed by atoms with Gasteiger partial charge in [0.2, 0.25) is 5.91 Å². The van der Waals surface area contributed by atoms with Gasteiger partial charge in [0.25, 0.3) is 0 Å². The molecule has 0 aliphatic carbocycles. The summed E-state index contributed by atoms with van der Waals surface area (Å²) >= 11 is 4.87. The van der Waals surface area contributed by atoms with E-state index in [4.69, 9.17) is 18.0 Å². The summed E-state index contributed by atoms with van der Waals surface area (Å²) < 4.78 is 1.62. The molecule has 1 amide bonds. The Kier molecular flexibility index (Phi) is 3.91. The lowest BCUT2D eigenvalue weighted by atomic mass is 10.2. The molecule has 0 bridgehead atoms. The Labute approximate surface area is 116 Å². The minimum absolute atomic E-state index is 0.126. The first-order chi connectivity index (χ1) is 9.06. The molecule has 0 aliphatic heterocycles. The number of hydrogen-bond donors (Lipinski definition) is 2. The van der Waals surface area contributed by atoms with E-state index in [-0.39, 0.29) is 17.4 Å². The summed E-state index contributed by atoms with van der Waals surface area (Å²) in [5.74, 6) is 0.287. The number of nitrogens with zero attached hydrogens (tertiary/aromatic N) is 2. The maximum absolute atomic E-state index is 11.9. The van der Waals surface area contributed by atoms with Crippen LogP contribution in [-0.4, -0.2) is 20.4 Å². The maximum atomic E-state index is 11.9. The second-order valence-electron chi connectivity index (χ2n) is 4.16. The van der Waals surface area contributed by atoms with Crippen molar-refractivity contribution in [2.45, 2.75) is 13.5 Å². The third-order valence-electron chi connectivity index (χ3n) is 2.55. The number of hydrogen-bond acceptors (Lipinski definition) is 3. The van der Waals surface area contributed by atoms with Gasteiger partial charge >= 0.3 is 0 Å². The minimum atomic E-state index is -0.152. The van der Waals surface area contributed by atoms with Crippen molar-refractivity contribution in [1.82, 2.24) is 9.55 Å². The number of aromatic nitrogens is 2. The molecule has 2 aromatic rings. The third-order valence-corrected chi connectivity index (χ3v) is 2.73. The predicted molar refractivity (Wildman–Crippen MR) is 77.9 cm³/mol. The van der Waals surface area contributed by atoms with Crippen molar-refractivity contribution in [1.29, 1.82) is 0 Å². The predicted octanol–water partition coefficient (Wildman–Crippen LogP) is 1.46. The number of benzene rings is 1. The Morgan fingerprint density at radius 2 is 2.32 bits per heavy atom. The number of carbonyl (C=O) groups is 1. The topological polar surface area (TPSA) is 72.9 Å². The van der Waals surface area contributed by atoms with Crippen molar-refractivity contribution in [2.24, 2.45) is 5.73 Å². The van der Waals surface area contributed by atoms with Gasteiger partial charge in [-0.25, -0.2) is 4.98 Å². The second kappa shape index (κ2) is 5.62. The van der Waals surface area contributed by atoms with Gasteiger partial charge in [0.1, 0.15) is 11.5 Å². The maximum Gasteiger partial charge on any atom is 0.244 e. The van der Waals surface area contributed by atoms with Gasteiger partial charge in [-0.15, -0.1) is 0 Å². The van der Waals surface area contributed by atoms with Gasteiger partial charge in [-0.1, -0.05) is 24.4 Å². The average molecular weight is 274 g/mol. The van der Waals surface area contributed by atoms with Crippen LogP contribution >= 0.6 is 12.2 Å². The molecule has 0 spiro atoms. The third kappa shape index (κ3) is 3.38. The molecule has 98 valence electrons. The number of nitrogens with two attached hydrogens (primary N) is 1. The van der Waals surface area contributed by atoms with Gasteiger partial charge < -0.3 is 15.6 Å². The molecule has 1 heterocycles. The Morgan fingerprint density at radius 1 is 1.53 bits per heavy atom. The molecule has 0 atom stereocenters. The first-order valence-corrected chi connectivity index (χ1v) is 6.14. The summed E-state index contributed by atoms with van der Waals surface area (Å²) in [6.07, 6.45) is 3.23. The molecule has 0 saturated heterocycles. The Bertz CT molecular complexity index is 621. The fourth-order valence-corrected chi connectivity index (χ4v) is 1.91. The molecule has 6 heteroatoms. The number of anilines is 1. The number of thiocarbonyl (C=S) groups is 1. The highest BCUT2D eigenvalue weighted by molar-refractivity contribution is 7.80. The Balaban J connectivity index is 2.05. The van der Waals surface area contributed by atoms with E-state index in [0.717, 1.165) is 11.3 Å². The fourth-order valence-electron chi connectivity index (χ4n) is 1.74. The van der Waals surface area contributed by atoms with Crippen molar-refractivity contribution < 1.29 is 4.79 Å². The minimum Gasteiger partial charge on any atom is -0.387 e. The van der Waals surface area contributed by atoms with E-state index < -0.39 is 0 Å². The summed E-state index contributed by atoms with van der Waals surface area (Å²) in [5.41, 5.74) is 7.38. The number of aryl methyl sites for hydroxylation is 1.